The molecule has 0 saturated heterocycles. The maximum atomic E-state index is 3.54. The van der Waals surface area contributed by atoms with Crippen LogP contribution in [-0.4, -0.2) is 6.54 Å². The summed E-state index contributed by atoms with van der Waals surface area (Å²) in [7, 11) is 0. The molecule has 1 nitrogen and oxygen atoms in total. The van der Waals surface area contributed by atoms with Gasteiger partial charge in [0, 0.05) is 0 Å². The van der Waals surface area contributed by atoms with E-state index in [0.717, 1.165) is 6.54 Å². The van der Waals surface area contributed by atoms with Gasteiger partial charge in [-0.25, -0.2) is 0 Å². The van der Waals surface area contributed by atoms with Gasteiger partial charge in [0.15, 0.2) is 0 Å². The Balaban J connectivity index is 2.77. The van der Waals surface area contributed by atoms with Gasteiger partial charge in [0.2, 0.25) is 0 Å². The fourth-order valence-electron chi connectivity index (χ4n) is 1.57. The summed E-state index contributed by atoms with van der Waals surface area (Å²) in [6.45, 7) is 7.54. The van der Waals surface area contributed by atoms with Gasteiger partial charge < -0.3 is 5.32 Å². The molecular formula is C14H21N. The van der Waals surface area contributed by atoms with Gasteiger partial charge in [-0.1, -0.05) is 48.9 Å². The van der Waals surface area contributed by atoms with Gasteiger partial charge in [0.25, 0.3) is 0 Å². The van der Waals surface area contributed by atoms with Gasteiger partial charge in [-0.2, -0.15) is 0 Å². The molecule has 0 fully saturated rings. The van der Waals surface area contributed by atoms with Crippen molar-refractivity contribution in [1.29, 1.82) is 0 Å². The molecule has 82 valence electrons. The topological polar surface area (TPSA) is 12.0 Å². The lowest BCUT2D eigenvalue weighted by molar-refractivity contribution is 0.610. The average molecular weight is 203 g/mol. The first-order chi connectivity index (χ1) is 7.24. The molecule has 1 atom stereocenters. The Kier molecular flexibility index (Phi) is 5.13. The van der Waals surface area contributed by atoms with Gasteiger partial charge >= 0.3 is 0 Å². The second-order valence-electron chi connectivity index (χ2n) is 4.09. The highest BCUT2D eigenvalue weighted by atomic mass is 14.9. The van der Waals surface area contributed by atoms with Crippen LogP contribution in [0.25, 0.3) is 0 Å². The van der Waals surface area contributed by atoms with Crippen molar-refractivity contribution in [3.63, 3.8) is 0 Å². The van der Waals surface area contributed by atoms with Crippen LogP contribution in [0.3, 0.4) is 0 Å². The van der Waals surface area contributed by atoms with Crippen LogP contribution >= 0.6 is 0 Å². The third-order valence-electron chi connectivity index (χ3n) is 2.27. The molecule has 1 aromatic rings. The van der Waals surface area contributed by atoms with Gasteiger partial charge in [-0.3, -0.25) is 0 Å². The largest absolute Gasteiger partial charge is 0.307 e. The molecule has 1 rings (SSSR count). The Morgan fingerprint density at radius 1 is 1.27 bits per heavy atom. The molecule has 0 aliphatic carbocycles. The average Bonchev–Trinajstić information content (AvgIpc) is 2.25. The third kappa shape index (κ3) is 4.30. The summed E-state index contributed by atoms with van der Waals surface area (Å²) >= 11 is 0. The predicted molar refractivity (Wildman–Crippen MR) is 66.9 cm³/mol. The first kappa shape index (κ1) is 12.0. The molecular weight excluding hydrogens is 182 g/mol. The van der Waals surface area contributed by atoms with Crippen molar-refractivity contribution in [2.75, 3.05) is 6.54 Å². The minimum Gasteiger partial charge on any atom is -0.307 e. The number of hydrogen-bond acceptors (Lipinski definition) is 1. The van der Waals surface area contributed by atoms with E-state index in [1.54, 1.807) is 0 Å². The number of benzene rings is 1. The Bertz CT molecular complexity index is 296. The van der Waals surface area contributed by atoms with E-state index >= 15 is 0 Å². The van der Waals surface area contributed by atoms with Crippen LogP contribution in [0.4, 0.5) is 0 Å². The second kappa shape index (κ2) is 6.41. The molecule has 15 heavy (non-hydrogen) atoms. The Labute approximate surface area is 93.2 Å². The summed E-state index contributed by atoms with van der Waals surface area (Å²) in [6, 6.07) is 10.9. The summed E-state index contributed by atoms with van der Waals surface area (Å²) in [5, 5.41) is 3.54. The SMILES string of the molecule is CCCNC(C=C(C)C)c1ccccc1. The summed E-state index contributed by atoms with van der Waals surface area (Å²) in [4.78, 5) is 0. The monoisotopic (exact) mass is 203 g/mol. The molecule has 0 saturated carbocycles. The highest BCUT2D eigenvalue weighted by Gasteiger charge is 2.05. The van der Waals surface area contributed by atoms with Crippen LogP contribution in [0.5, 0.6) is 0 Å². The van der Waals surface area contributed by atoms with E-state index in [1.165, 1.54) is 17.6 Å². The first-order valence-electron chi connectivity index (χ1n) is 5.67. The van der Waals surface area contributed by atoms with Crippen molar-refractivity contribution < 1.29 is 0 Å². The molecule has 0 bridgehead atoms. The van der Waals surface area contributed by atoms with Crippen LogP contribution in [0.1, 0.15) is 38.8 Å². The van der Waals surface area contributed by atoms with E-state index < -0.39 is 0 Å². The van der Waals surface area contributed by atoms with Crippen molar-refractivity contribution in [3.8, 4) is 0 Å². The number of rotatable bonds is 5. The second-order valence-corrected chi connectivity index (χ2v) is 4.09. The van der Waals surface area contributed by atoms with Gasteiger partial charge in [-0.05, 0) is 32.4 Å². The zero-order valence-corrected chi connectivity index (χ0v) is 9.96. The Hall–Kier alpha value is -1.08. The molecule has 0 aliphatic rings. The standard InChI is InChI=1S/C14H21N/c1-4-10-15-14(11-12(2)3)13-8-6-5-7-9-13/h5-9,11,14-15H,4,10H2,1-3H3. The van der Waals surface area contributed by atoms with Gasteiger partial charge in [0.1, 0.15) is 0 Å². The maximum Gasteiger partial charge on any atom is 0.0508 e. The highest BCUT2D eigenvalue weighted by Crippen LogP contribution is 2.15. The maximum absolute atomic E-state index is 3.54. The minimum absolute atomic E-state index is 0.358. The molecule has 0 radical (unpaired) electrons. The number of hydrogen-bond donors (Lipinski definition) is 1. The van der Waals surface area contributed by atoms with E-state index in [2.05, 4.69) is 62.5 Å². The van der Waals surface area contributed by atoms with Crippen molar-refractivity contribution >= 4 is 0 Å². The van der Waals surface area contributed by atoms with E-state index in [-0.39, 0.29) is 0 Å². The molecule has 0 heterocycles. The quantitative estimate of drug-likeness (QED) is 0.720. The minimum atomic E-state index is 0.358. The van der Waals surface area contributed by atoms with Gasteiger partial charge in [-0.15, -0.1) is 0 Å². The van der Waals surface area contributed by atoms with Crippen LogP contribution < -0.4 is 5.32 Å². The lowest BCUT2D eigenvalue weighted by Gasteiger charge is -2.15. The fraction of sp³-hybridized carbons (Fsp3) is 0.429. The van der Waals surface area contributed by atoms with Gasteiger partial charge in [0.05, 0.1) is 6.04 Å². The lowest BCUT2D eigenvalue weighted by Crippen LogP contribution is -2.20. The molecule has 1 N–H and O–H groups in total. The van der Waals surface area contributed by atoms with E-state index in [9.17, 15) is 0 Å². The highest BCUT2D eigenvalue weighted by molar-refractivity contribution is 5.24. The molecule has 0 aromatic heterocycles. The van der Waals surface area contributed by atoms with E-state index in [1.807, 2.05) is 0 Å². The van der Waals surface area contributed by atoms with Crippen molar-refractivity contribution in [2.24, 2.45) is 0 Å². The third-order valence-corrected chi connectivity index (χ3v) is 2.27. The number of allylic oxidation sites excluding steroid dienone is 1. The molecule has 0 spiro atoms. The zero-order valence-electron chi connectivity index (χ0n) is 9.96. The van der Waals surface area contributed by atoms with Crippen molar-refractivity contribution in [1.82, 2.24) is 5.32 Å². The normalized spacial score (nSPS) is 12.2. The summed E-state index contributed by atoms with van der Waals surface area (Å²) in [5.74, 6) is 0. The Morgan fingerprint density at radius 2 is 1.93 bits per heavy atom. The lowest BCUT2D eigenvalue weighted by atomic mass is 10.0. The Morgan fingerprint density at radius 3 is 2.47 bits per heavy atom. The van der Waals surface area contributed by atoms with Crippen LogP contribution in [0.2, 0.25) is 0 Å². The van der Waals surface area contributed by atoms with Crippen molar-refractivity contribution in [3.05, 3.63) is 47.5 Å². The zero-order chi connectivity index (χ0) is 11.1. The molecule has 1 heteroatoms. The predicted octanol–water partition coefficient (Wildman–Crippen LogP) is 3.69. The summed E-state index contributed by atoms with van der Waals surface area (Å²) in [5.41, 5.74) is 2.69. The summed E-state index contributed by atoms with van der Waals surface area (Å²) in [6.07, 6.45) is 3.45. The molecule has 0 aliphatic heterocycles. The van der Waals surface area contributed by atoms with E-state index in [0.29, 0.717) is 6.04 Å². The van der Waals surface area contributed by atoms with E-state index in [4.69, 9.17) is 0 Å². The summed E-state index contributed by atoms with van der Waals surface area (Å²) < 4.78 is 0. The first-order valence-corrected chi connectivity index (χ1v) is 5.67. The smallest absolute Gasteiger partial charge is 0.0508 e. The molecule has 1 aromatic carbocycles. The van der Waals surface area contributed by atoms with Crippen LogP contribution in [0, 0.1) is 0 Å². The fourth-order valence-corrected chi connectivity index (χ4v) is 1.57. The molecule has 0 amide bonds. The molecule has 1 unspecified atom stereocenters. The van der Waals surface area contributed by atoms with Crippen LogP contribution in [-0.2, 0) is 0 Å². The number of nitrogens with one attached hydrogen (secondary N) is 1. The van der Waals surface area contributed by atoms with Crippen LogP contribution in [0.15, 0.2) is 42.0 Å². The van der Waals surface area contributed by atoms with Crippen molar-refractivity contribution in [2.45, 2.75) is 33.2 Å².